The molecule has 130 valence electrons. The van der Waals surface area contributed by atoms with Crippen LogP contribution in [-0.4, -0.2) is 66.5 Å². The molecule has 0 aromatic heterocycles. The molecule has 1 aromatic rings. The van der Waals surface area contributed by atoms with E-state index in [2.05, 4.69) is 0 Å². The number of carboxylic acid groups (broad SMARTS) is 1. The first-order valence-corrected chi connectivity index (χ1v) is 7.69. The Labute approximate surface area is 140 Å². The van der Waals surface area contributed by atoms with E-state index in [4.69, 9.17) is 4.74 Å². The molecule has 7 nitrogen and oxygen atoms in total. The van der Waals surface area contributed by atoms with E-state index in [1.807, 2.05) is 0 Å². The van der Waals surface area contributed by atoms with Crippen LogP contribution in [0.2, 0.25) is 0 Å². The summed E-state index contributed by atoms with van der Waals surface area (Å²) < 4.78 is 5.49. The molecule has 0 bridgehead atoms. The van der Waals surface area contributed by atoms with Crippen molar-refractivity contribution in [2.45, 2.75) is 13.3 Å². The van der Waals surface area contributed by atoms with Crippen molar-refractivity contribution in [3.8, 4) is 5.75 Å². The Balaban J connectivity index is 2.13. The molecule has 24 heavy (non-hydrogen) atoms. The zero-order chi connectivity index (χ0) is 17.9. The van der Waals surface area contributed by atoms with Gasteiger partial charge in [0.2, 0.25) is 0 Å². The maximum atomic E-state index is 12.7. The Bertz CT molecular complexity index is 658. The van der Waals surface area contributed by atoms with Crippen LogP contribution >= 0.6 is 0 Å². The van der Waals surface area contributed by atoms with Gasteiger partial charge in [-0.3, -0.25) is 14.4 Å². The van der Waals surface area contributed by atoms with E-state index in [1.165, 1.54) is 9.80 Å². The molecule has 0 saturated carbocycles. The molecule has 1 fully saturated rings. The third kappa shape index (κ3) is 3.67. The molecule has 1 unspecified atom stereocenters. The van der Waals surface area contributed by atoms with Gasteiger partial charge in [-0.1, -0.05) is 12.1 Å². The van der Waals surface area contributed by atoms with Gasteiger partial charge in [0.1, 0.15) is 5.75 Å². The fraction of sp³-hybridized carbons (Fsp3) is 0.471. The summed E-state index contributed by atoms with van der Waals surface area (Å²) in [6.07, 6.45) is 0.413. The summed E-state index contributed by atoms with van der Waals surface area (Å²) in [5.41, 5.74) is -0.592. The zero-order valence-electron chi connectivity index (χ0n) is 14.1. The minimum atomic E-state index is -0.924. The normalized spacial score (nSPS) is 19.9. The molecule has 2 amide bonds. The predicted octanol–water partition coefficient (Wildman–Crippen LogP) is 1.09. The van der Waals surface area contributed by atoms with Crippen LogP contribution in [0.4, 0.5) is 0 Å². The molecule has 1 N–H and O–H groups in total. The molecule has 1 aliphatic rings. The quantitative estimate of drug-likeness (QED) is 0.871. The topological polar surface area (TPSA) is 87.2 Å². The van der Waals surface area contributed by atoms with Crippen molar-refractivity contribution < 1.29 is 24.2 Å². The number of hydrogen-bond acceptors (Lipinski definition) is 4. The lowest BCUT2D eigenvalue weighted by atomic mass is 9.90. The molecule has 0 spiro atoms. The van der Waals surface area contributed by atoms with Gasteiger partial charge in [0.05, 0.1) is 11.0 Å². The summed E-state index contributed by atoms with van der Waals surface area (Å²) >= 11 is 0. The molecule has 0 aliphatic carbocycles. The van der Waals surface area contributed by atoms with E-state index in [9.17, 15) is 19.5 Å². The number of benzene rings is 1. The van der Waals surface area contributed by atoms with Gasteiger partial charge in [0, 0.05) is 27.2 Å². The molecule has 1 atom stereocenters. The van der Waals surface area contributed by atoms with E-state index in [1.54, 1.807) is 45.3 Å². The number of hydrogen-bond donors (Lipinski definition) is 1. The van der Waals surface area contributed by atoms with Gasteiger partial charge in [-0.25, -0.2) is 0 Å². The highest BCUT2D eigenvalue weighted by Gasteiger charge is 2.42. The molecule has 7 heteroatoms. The number of aliphatic carboxylic acids is 1. The van der Waals surface area contributed by atoms with E-state index in [-0.39, 0.29) is 25.0 Å². The summed E-state index contributed by atoms with van der Waals surface area (Å²) in [4.78, 5) is 38.6. The third-order valence-corrected chi connectivity index (χ3v) is 4.24. The fourth-order valence-electron chi connectivity index (χ4n) is 2.52. The monoisotopic (exact) mass is 334 g/mol. The zero-order valence-corrected chi connectivity index (χ0v) is 14.1. The Hall–Kier alpha value is -2.57. The Morgan fingerprint density at radius 2 is 1.96 bits per heavy atom. The number of para-hydroxylation sites is 1. The molecule has 1 aliphatic heterocycles. The maximum absolute atomic E-state index is 12.7. The van der Waals surface area contributed by atoms with Crippen molar-refractivity contribution in [1.82, 2.24) is 9.80 Å². The molecule has 1 aromatic carbocycles. The van der Waals surface area contributed by atoms with Crippen molar-refractivity contribution in [3.63, 3.8) is 0 Å². The van der Waals surface area contributed by atoms with Gasteiger partial charge in [0.15, 0.2) is 6.61 Å². The van der Waals surface area contributed by atoms with Gasteiger partial charge in [-0.2, -0.15) is 0 Å². The molecule has 2 rings (SSSR count). The summed E-state index contributed by atoms with van der Waals surface area (Å²) in [5, 5.41) is 9.29. The lowest BCUT2D eigenvalue weighted by Gasteiger charge is -2.21. The highest BCUT2D eigenvalue weighted by Crippen LogP contribution is 2.32. The smallest absolute Gasteiger partial charge is 0.311 e. The summed E-state index contributed by atoms with van der Waals surface area (Å²) in [6.45, 7) is 2.02. The number of amides is 2. The highest BCUT2D eigenvalue weighted by atomic mass is 16.5. The number of carbonyl (C=O) groups excluding carboxylic acids is 2. The van der Waals surface area contributed by atoms with Crippen LogP contribution in [0.25, 0.3) is 0 Å². The predicted molar refractivity (Wildman–Crippen MR) is 86.9 cm³/mol. The number of nitrogens with zero attached hydrogens (tertiary/aromatic N) is 2. The number of ether oxygens (including phenoxy) is 1. The third-order valence-electron chi connectivity index (χ3n) is 4.24. The molecule has 0 radical (unpaired) electrons. The second-order valence-corrected chi connectivity index (χ2v) is 6.42. The van der Waals surface area contributed by atoms with Gasteiger partial charge in [0.25, 0.3) is 11.8 Å². The van der Waals surface area contributed by atoms with Crippen molar-refractivity contribution in [1.29, 1.82) is 0 Å². The van der Waals surface area contributed by atoms with Crippen molar-refractivity contribution in [3.05, 3.63) is 29.8 Å². The van der Waals surface area contributed by atoms with Crippen molar-refractivity contribution >= 4 is 17.8 Å². The SMILES string of the molecule is CN(C)C(=O)COc1ccccc1C(=O)N1CCC(C)(C(=O)O)C1. The van der Waals surface area contributed by atoms with E-state index < -0.39 is 11.4 Å². The Morgan fingerprint density at radius 3 is 2.54 bits per heavy atom. The Morgan fingerprint density at radius 1 is 1.29 bits per heavy atom. The number of carbonyl (C=O) groups is 3. The second-order valence-electron chi connectivity index (χ2n) is 6.42. The van der Waals surface area contributed by atoms with Crippen LogP contribution in [-0.2, 0) is 9.59 Å². The first-order valence-electron chi connectivity index (χ1n) is 7.69. The second kappa shape index (κ2) is 6.90. The summed E-state index contributed by atoms with van der Waals surface area (Å²) in [7, 11) is 3.25. The van der Waals surface area contributed by atoms with E-state index >= 15 is 0 Å². The van der Waals surface area contributed by atoms with Crippen LogP contribution < -0.4 is 4.74 Å². The van der Waals surface area contributed by atoms with Crippen LogP contribution in [0.3, 0.4) is 0 Å². The van der Waals surface area contributed by atoms with Crippen molar-refractivity contribution in [2.75, 3.05) is 33.8 Å². The lowest BCUT2D eigenvalue weighted by molar-refractivity contribution is -0.147. The van der Waals surface area contributed by atoms with Gasteiger partial charge in [-0.05, 0) is 25.5 Å². The van der Waals surface area contributed by atoms with Gasteiger partial charge in [-0.15, -0.1) is 0 Å². The largest absolute Gasteiger partial charge is 0.483 e. The van der Waals surface area contributed by atoms with E-state index in [0.717, 1.165) is 0 Å². The average molecular weight is 334 g/mol. The summed E-state index contributed by atoms with van der Waals surface area (Å²) in [6, 6.07) is 6.68. The molecular weight excluding hydrogens is 312 g/mol. The standard InChI is InChI=1S/C17H22N2O5/c1-17(16(22)23)8-9-19(11-17)15(21)12-6-4-5-7-13(12)24-10-14(20)18(2)3/h4-7H,8-11H2,1-3H3,(H,22,23). The number of likely N-dealkylation sites (N-methyl/N-ethyl adjacent to an activating group) is 1. The first kappa shape index (κ1) is 17.8. The lowest BCUT2D eigenvalue weighted by Crippen LogP contribution is -2.35. The first-order chi connectivity index (χ1) is 11.2. The molecule has 1 heterocycles. The Kier molecular flexibility index (Phi) is 5.11. The van der Waals surface area contributed by atoms with Gasteiger partial charge < -0.3 is 19.6 Å². The molecular formula is C17H22N2O5. The fourth-order valence-corrected chi connectivity index (χ4v) is 2.52. The average Bonchev–Trinajstić information content (AvgIpc) is 2.96. The number of rotatable bonds is 5. The molecule has 1 saturated heterocycles. The van der Waals surface area contributed by atoms with E-state index in [0.29, 0.717) is 24.3 Å². The van der Waals surface area contributed by atoms with Crippen LogP contribution in [0.5, 0.6) is 5.75 Å². The number of carboxylic acids is 1. The van der Waals surface area contributed by atoms with Gasteiger partial charge >= 0.3 is 5.97 Å². The van der Waals surface area contributed by atoms with Crippen LogP contribution in [0, 0.1) is 5.41 Å². The maximum Gasteiger partial charge on any atom is 0.311 e. The van der Waals surface area contributed by atoms with Crippen LogP contribution in [0.1, 0.15) is 23.7 Å². The minimum absolute atomic E-state index is 0.159. The summed E-state index contributed by atoms with van der Waals surface area (Å²) in [5.74, 6) is -1.08. The minimum Gasteiger partial charge on any atom is -0.483 e. The van der Waals surface area contributed by atoms with Crippen LogP contribution in [0.15, 0.2) is 24.3 Å². The van der Waals surface area contributed by atoms with Crippen molar-refractivity contribution in [2.24, 2.45) is 5.41 Å². The highest BCUT2D eigenvalue weighted by molar-refractivity contribution is 5.97. The number of likely N-dealkylation sites (tertiary alicyclic amines) is 1.